The van der Waals surface area contributed by atoms with E-state index in [1.54, 1.807) is 0 Å². The van der Waals surface area contributed by atoms with Crippen molar-refractivity contribution < 1.29 is 0 Å². The summed E-state index contributed by atoms with van der Waals surface area (Å²) in [5.74, 6) is 1.19. The molecule has 3 rings (SSSR count). The zero-order valence-corrected chi connectivity index (χ0v) is 13.1. The Morgan fingerprint density at radius 1 is 1.25 bits per heavy atom. The molecule has 1 aromatic carbocycles. The quantitative estimate of drug-likeness (QED) is 0.668. The van der Waals surface area contributed by atoms with E-state index in [9.17, 15) is 0 Å². The SMILES string of the molecule is CCC(C)c1ccc2nc(C3CCCC3)cc(Cl)c2c1. The number of halogens is 1. The molecule has 1 nitrogen and oxygen atoms in total. The van der Waals surface area contributed by atoms with Gasteiger partial charge in [-0.2, -0.15) is 0 Å². The Morgan fingerprint density at radius 3 is 2.70 bits per heavy atom. The molecule has 0 bridgehead atoms. The molecule has 1 atom stereocenters. The van der Waals surface area contributed by atoms with Crippen molar-refractivity contribution in [3.63, 3.8) is 0 Å². The number of aromatic nitrogens is 1. The molecule has 0 N–H and O–H groups in total. The molecule has 1 unspecified atom stereocenters. The summed E-state index contributed by atoms with van der Waals surface area (Å²) in [7, 11) is 0. The predicted octanol–water partition coefficient (Wildman–Crippen LogP) is 6.06. The molecule has 1 fully saturated rings. The first kappa shape index (κ1) is 13.9. The van der Waals surface area contributed by atoms with Gasteiger partial charge in [0.2, 0.25) is 0 Å². The fourth-order valence-corrected chi connectivity index (χ4v) is 3.46. The summed E-state index contributed by atoms with van der Waals surface area (Å²) >= 11 is 6.52. The fraction of sp³-hybridized carbons (Fsp3) is 0.500. The van der Waals surface area contributed by atoms with E-state index in [0.717, 1.165) is 22.3 Å². The third kappa shape index (κ3) is 2.56. The third-order valence-electron chi connectivity index (χ3n) is 4.76. The zero-order chi connectivity index (χ0) is 14.1. The molecule has 0 spiro atoms. The second kappa shape index (κ2) is 5.73. The molecule has 1 aliphatic carbocycles. The van der Waals surface area contributed by atoms with E-state index in [1.807, 2.05) is 0 Å². The zero-order valence-electron chi connectivity index (χ0n) is 12.3. The minimum atomic E-state index is 0.574. The summed E-state index contributed by atoms with van der Waals surface area (Å²) in [6.45, 7) is 4.48. The van der Waals surface area contributed by atoms with Crippen LogP contribution in [0.5, 0.6) is 0 Å². The monoisotopic (exact) mass is 287 g/mol. The van der Waals surface area contributed by atoms with Crippen LogP contribution in [0.25, 0.3) is 10.9 Å². The van der Waals surface area contributed by atoms with Gasteiger partial charge in [0.15, 0.2) is 0 Å². The lowest BCUT2D eigenvalue weighted by Gasteiger charge is -2.13. The summed E-state index contributed by atoms with van der Waals surface area (Å²) in [6, 6.07) is 8.66. The second-order valence-corrected chi connectivity index (χ2v) is 6.50. The van der Waals surface area contributed by atoms with Gasteiger partial charge in [0.05, 0.1) is 10.5 Å². The van der Waals surface area contributed by atoms with Crippen LogP contribution in [0.1, 0.15) is 69.0 Å². The molecule has 106 valence electrons. The van der Waals surface area contributed by atoms with Gasteiger partial charge in [-0.25, -0.2) is 0 Å². The highest BCUT2D eigenvalue weighted by Crippen LogP contribution is 2.36. The molecule has 1 saturated carbocycles. The molecule has 20 heavy (non-hydrogen) atoms. The van der Waals surface area contributed by atoms with Crippen LogP contribution in [0.15, 0.2) is 24.3 Å². The van der Waals surface area contributed by atoms with Gasteiger partial charge >= 0.3 is 0 Å². The van der Waals surface area contributed by atoms with E-state index in [2.05, 4.69) is 38.1 Å². The van der Waals surface area contributed by atoms with Crippen molar-refractivity contribution in [1.29, 1.82) is 0 Å². The molecule has 1 heterocycles. The summed E-state index contributed by atoms with van der Waals surface area (Å²) in [6.07, 6.45) is 6.33. The average molecular weight is 288 g/mol. The molecule has 0 amide bonds. The van der Waals surface area contributed by atoms with Crippen LogP contribution in [0, 0.1) is 0 Å². The van der Waals surface area contributed by atoms with Gasteiger partial charge in [-0.05, 0) is 48.9 Å². The van der Waals surface area contributed by atoms with E-state index in [1.165, 1.54) is 36.9 Å². The molecular weight excluding hydrogens is 266 g/mol. The van der Waals surface area contributed by atoms with Crippen LogP contribution in [0.4, 0.5) is 0 Å². The Bertz CT molecular complexity index is 614. The Morgan fingerprint density at radius 2 is 2.00 bits per heavy atom. The maximum atomic E-state index is 6.52. The lowest BCUT2D eigenvalue weighted by atomic mass is 9.96. The largest absolute Gasteiger partial charge is 0.252 e. The number of pyridine rings is 1. The maximum absolute atomic E-state index is 6.52. The minimum absolute atomic E-state index is 0.574. The van der Waals surface area contributed by atoms with Gasteiger partial charge in [-0.3, -0.25) is 4.98 Å². The molecule has 0 radical (unpaired) electrons. The Hall–Kier alpha value is -1.08. The van der Waals surface area contributed by atoms with Crippen molar-refractivity contribution in [2.45, 2.75) is 57.8 Å². The van der Waals surface area contributed by atoms with Crippen molar-refractivity contribution in [1.82, 2.24) is 4.98 Å². The first-order valence-corrected chi connectivity index (χ1v) is 8.17. The van der Waals surface area contributed by atoms with E-state index >= 15 is 0 Å². The number of benzene rings is 1. The van der Waals surface area contributed by atoms with E-state index < -0.39 is 0 Å². The molecule has 1 aliphatic rings. The third-order valence-corrected chi connectivity index (χ3v) is 5.07. The van der Waals surface area contributed by atoms with E-state index in [0.29, 0.717) is 11.8 Å². The minimum Gasteiger partial charge on any atom is -0.252 e. The number of rotatable bonds is 3. The summed E-state index contributed by atoms with van der Waals surface area (Å²) in [5, 5.41) is 1.97. The Kier molecular flexibility index (Phi) is 3.98. The molecule has 0 saturated heterocycles. The van der Waals surface area contributed by atoms with Gasteiger partial charge in [0, 0.05) is 17.0 Å². The number of hydrogen-bond donors (Lipinski definition) is 0. The van der Waals surface area contributed by atoms with E-state index in [4.69, 9.17) is 16.6 Å². The fourth-order valence-electron chi connectivity index (χ4n) is 3.19. The highest BCUT2D eigenvalue weighted by atomic mass is 35.5. The van der Waals surface area contributed by atoms with Crippen molar-refractivity contribution in [3.8, 4) is 0 Å². The Balaban J connectivity index is 2.04. The normalized spacial score (nSPS) is 17.8. The van der Waals surface area contributed by atoms with Crippen LogP contribution in [0.2, 0.25) is 5.02 Å². The predicted molar refractivity (Wildman–Crippen MR) is 86.7 cm³/mol. The maximum Gasteiger partial charge on any atom is 0.0720 e. The topological polar surface area (TPSA) is 12.9 Å². The molecule has 0 aliphatic heterocycles. The van der Waals surface area contributed by atoms with Crippen molar-refractivity contribution >= 4 is 22.5 Å². The van der Waals surface area contributed by atoms with Gasteiger partial charge in [-0.1, -0.05) is 44.4 Å². The first-order valence-electron chi connectivity index (χ1n) is 7.79. The summed E-state index contributed by atoms with van der Waals surface area (Å²) in [4.78, 5) is 4.86. The van der Waals surface area contributed by atoms with Crippen molar-refractivity contribution in [2.75, 3.05) is 0 Å². The van der Waals surface area contributed by atoms with E-state index in [-0.39, 0.29) is 0 Å². The number of hydrogen-bond acceptors (Lipinski definition) is 1. The van der Waals surface area contributed by atoms with Gasteiger partial charge in [-0.15, -0.1) is 0 Å². The molecular formula is C18H22ClN. The van der Waals surface area contributed by atoms with Crippen LogP contribution >= 0.6 is 11.6 Å². The van der Waals surface area contributed by atoms with Gasteiger partial charge in [0.1, 0.15) is 0 Å². The van der Waals surface area contributed by atoms with Crippen LogP contribution < -0.4 is 0 Å². The van der Waals surface area contributed by atoms with Crippen LogP contribution in [-0.4, -0.2) is 4.98 Å². The Labute approximate surface area is 126 Å². The smallest absolute Gasteiger partial charge is 0.0720 e. The lowest BCUT2D eigenvalue weighted by molar-refractivity contribution is 0.701. The standard InChI is InChI=1S/C18H22ClN/c1-3-12(2)14-8-9-17-15(10-14)16(19)11-18(20-17)13-6-4-5-7-13/h8-13H,3-7H2,1-2H3. The number of fused-ring (bicyclic) bond motifs is 1. The average Bonchev–Trinajstić information content (AvgIpc) is 3.00. The van der Waals surface area contributed by atoms with Crippen molar-refractivity contribution in [3.05, 3.63) is 40.5 Å². The van der Waals surface area contributed by atoms with Gasteiger partial charge < -0.3 is 0 Å². The summed E-state index contributed by atoms with van der Waals surface area (Å²) in [5.41, 5.74) is 3.60. The molecule has 2 heteroatoms. The number of nitrogens with zero attached hydrogens (tertiary/aromatic N) is 1. The molecule has 1 aromatic heterocycles. The lowest BCUT2D eigenvalue weighted by Crippen LogP contribution is -1.98. The second-order valence-electron chi connectivity index (χ2n) is 6.10. The highest BCUT2D eigenvalue weighted by molar-refractivity contribution is 6.35. The first-order chi connectivity index (χ1) is 9.69. The van der Waals surface area contributed by atoms with Crippen LogP contribution in [-0.2, 0) is 0 Å². The highest BCUT2D eigenvalue weighted by Gasteiger charge is 2.19. The van der Waals surface area contributed by atoms with Crippen molar-refractivity contribution in [2.24, 2.45) is 0 Å². The summed E-state index contributed by atoms with van der Waals surface area (Å²) < 4.78 is 0. The van der Waals surface area contributed by atoms with Crippen LogP contribution in [0.3, 0.4) is 0 Å². The van der Waals surface area contributed by atoms with Gasteiger partial charge in [0.25, 0.3) is 0 Å². The molecule has 2 aromatic rings.